The van der Waals surface area contributed by atoms with Crippen LogP contribution >= 0.6 is 0 Å². The minimum Gasteiger partial charge on any atom is -0.381 e. The molecule has 1 unspecified atom stereocenters. The SMILES string of the molecule is CCC(C)(N)CC1COC1. The Hall–Kier alpha value is -0.0800. The summed E-state index contributed by atoms with van der Waals surface area (Å²) < 4.78 is 5.07. The Morgan fingerprint density at radius 3 is 2.50 bits per heavy atom. The third kappa shape index (κ3) is 1.96. The number of hydrogen-bond donors (Lipinski definition) is 1. The molecule has 1 rings (SSSR count). The molecular weight excluding hydrogens is 126 g/mol. The van der Waals surface area contributed by atoms with Crippen LogP contribution in [0.3, 0.4) is 0 Å². The highest BCUT2D eigenvalue weighted by atomic mass is 16.5. The van der Waals surface area contributed by atoms with Gasteiger partial charge in [0.2, 0.25) is 0 Å². The largest absolute Gasteiger partial charge is 0.381 e. The summed E-state index contributed by atoms with van der Waals surface area (Å²) in [4.78, 5) is 0. The van der Waals surface area contributed by atoms with Crippen molar-refractivity contribution >= 4 is 0 Å². The van der Waals surface area contributed by atoms with Gasteiger partial charge in [0, 0.05) is 11.5 Å². The molecule has 60 valence electrons. The second-order valence-corrected chi connectivity index (χ2v) is 3.62. The second kappa shape index (κ2) is 2.89. The third-order valence-electron chi connectivity index (χ3n) is 2.27. The van der Waals surface area contributed by atoms with Crippen LogP contribution in [0.1, 0.15) is 26.7 Å². The van der Waals surface area contributed by atoms with E-state index < -0.39 is 0 Å². The van der Waals surface area contributed by atoms with Crippen molar-refractivity contribution < 1.29 is 4.74 Å². The maximum Gasteiger partial charge on any atom is 0.0517 e. The van der Waals surface area contributed by atoms with E-state index in [0.29, 0.717) is 0 Å². The van der Waals surface area contributed by atoms with Crippen LogP contribution in [0.25, 0.3) is 0 Å². The molecule has 2 nitrogen and oxygen atoms in total. The van der Waals surface area contributed by atoms with Gasteiger partial charge in [-0.1, -0.05) is 6.92 Å². The summed E-state index contributed by atoms with van der Waals surface area (Å²) in [5.74, 6) is 0.731. The minimum atomic E-state index is 0.0362. The molecular formula is C8H17NO. The fraction of sp³-hybridized carbons (Fsp3) is 1.00. The van der Waals surface area contributed by atoms with Crippen molar-refractivity contribution in [1.29, 1.82) is 0 Å². The Kier molecular flexibility index (Phi) is 2.32. The van der Waals surface area contributed by atoms with Crippen LogP contribution in [0.2, 0.25) is 0 Å². The highest BCUT2D eigenvalue weighted by Crippen LogP contribution is 2.22. The van der Waals surface area contributed by atoms with E-state index in [-0.39, 0.29) is 5.54 Å². The number of hydrogen-bond acceptors (Lipinski definition) is 2. The van der Waals surface area contributed by atoms with Crippen molar-refractivity contribution in [2.45, 2.75) is 32.2 Å². The van der Waals surface area contributed by atoms with Gasteiger partial charge in [0.15, 0.2) is 0 Å². The first kappa shape index (κ1) is 8.02. The summed E-state index contributed by atoms with van der Waals surface area (Å²) in [6.07, 6.45) is 2.17. The van der Waals surface area contributed by atoms with Gasteiger partial charge in [-0.3, -0.25) is 0 Å². The van der Waals surface area contributed by atoms with Gasteiger partial charge in [-0.05, 0) is 19.8 Å². The van der Waals surface area contributed by atoms with Gasteiger partial charge in [-0.25, -0.2) is 0 Å². The van der Waals surface area contributed by atoms with Crippen LogP contribution in [0.4, 0.5) is 0 Å². The van der Waals surface area contributed by atoms with Crippen LogP contribution in [-0.2, 0) is 4.74 Å². The summed E-state index contributed by atoms with van der Waals surface area (Å²) in [6, 6.07) is 0. The monoisotopic (exact) mass is 143 g/mol. The van der Waals surface area contributed by atoms with Crippen molar-refractivity contribution in [3.8, 4) is 0 Å². The van der Waals surface area contributed by atoms with E-state index in [0.717, 1.165) is 32.0 Å². The van der Waals surface area contributed by atoms with Crippen molar-refractivity contribution in [3.63, 3.8) is 0 Å². The number of nitrogens with two attached hydrogens (primary N) is 1. The summed E-state index contributed by atoms with van der Waals surface area (Å²) in [5.41, 5.74) is 6.01. The molecule has 0 bridgehead atoms. The van der Waals surface area contributed by atoms with Gasteiger partial charge in [0.25, 0.3) is 0 Å². The zero-order valence-electron chi connectivity index (χ0n) is 6.89. The average molecular weight is 143 g/mol. The second-order valence-electron chi connectivity index (χ2n) is 3.62. The lowest BCUT2D eigenvalue weighted by Gasteiger charge is -2.33. The quantitative estimate of drug-likeness (QED) is 0.643. The molecule has 0 radical (unpaired) electrons. The smallest absolute Gasteiger partial charge is 0.0517 e. The van der Waals surface area contributed by atoms with Crippen LogP contribution in [-0.4, -0.2) is 18.8 Å². The van der Waals surface area contributed by atoms with Gasteiger partial charge in [-0.2, -0.15) is 0 Å². The first-order valence-corrected chi connectivity index (χ1v) is 4.00. The number of ether oxygens (including phenoxy) is 1. The van der Waals surface area contributed by atoms with E-state index in [2.05, 4.69) is 13.8 Å². The van der Waals surface area contributed by atoms with Crippen molar-refractivity contribution in [2.75, 3.05) is 13.2 Å². The fourth-order valence-electron chi connectivity index (χ4n) is 1.21. The predicted molar refractivity (Wildman–Crippen MR) is 41.8 cm³/mol. The molecule has 1 fully saturated rings. The summed E-state index contributed by atoms with van der Waals surface area (Å²) in [6.45, 7) is 6.10. The standard InChI is InChI=1S/C8H17NO/c1-3-8(2,9)4-7-5-10-6-7/h7H,3-6,9H2,1-2H3. The van der Waals surface area contributed by atoms with Gasteiger partial charge in [0.1, 0.15) is 0 Å². The maximum absolute atomic E-state index is 5.97. The molecule has 0 saturated carbocycles. The van der Waals surface area contributed by atoms with Crippen LogP contribution in [0, 0.1) is 5.92 Å². The highest BCUT2D eigenvalue weighted by Gasteiger charge is 2.26. The molecule has 1 saturated heterocycles. The molecule has 10 heavy (non-hydrogen) atoms. The topological polar surface area (TPSA) is 35.2 Å². The molecule has 0 spiro atoms. The van der Waals surface area contributed by atoms with Gasteiger partial charge in [0.05, 0.1) is 13.2 Å². The fourth-order valence-corrected chi connectivity index (χ4v) is 1.21. The Morgan fingerprint density at radius 2 is 2.20 bits per heavy atom. The summed E-state index contributed by atoms with van der Waals surface area (Å²) in [7, 11) is 0. The molecule has 1 atom stereocenters. The maximum atomic E-state index is 5.97. The molecule has 0 aromatic rings. The van der Waals surface area contributed by atoms with E-state index in [1.165, 1.54) is 0 Å². The molecule has 0 aromatic carbocycles. The Labute approximate surface area is 62.7 Å². The van der Waals surface area contributed by atoms with Gasteiger partial charge >= 0.3 is 0 Å². The normalized spacial score (nSPS) is 25.5. The van der Waals surface area contributed by atoms with Crippen LogP contribution in [0.5, 0.6) is 0 Å². The van der Waals surface area contributed by atoms with Crippen molar-refractivity contribution in [2.24, 2.45) is 11.7 Å². The highest BCUT2D eigenvalue weighted by molar-refractivity contribution is 4.82. The minimum absolute atomic E-state index is 0.0362. The van der Waals surface area contributed by atoms with E-state index in [1.54, 1.807) is 0 Å². The lowest BCUT2D eigenvalue weighted by Crippen LogP contribution is -2.42. The van der Waals surface area contributed by atoms with E-state index in [4.69, 9.17) is 10.5 Å². The molecule has 0 aliphatic carbocycles. The third-order valence-corrected chi connectivity index (χ3v) is 2.27. The predicted octanol–water partition coefficient (Wildman–Crippen LogP) is 1.15. The van der Waals surface area contributed by atoms with E-state index in [1.807, 2.05) is 0 Å². The Bertz CT molecular complexity index is 108. The first-order valence-electron chi connectivity index (χ1n) is 4.00. The average Bonchev–Trinajstić information content (AvgIpc) is 1.80. The van der Waals surface area contributed by atoms with Crippen LogP contribution in [0.15, 0.2) is 0 Å². The Morgan fingerprint density at radius 1 is 1.60 bits per heavy atom. The molecule has 1 heterocycles. The lowest BCUT2D eigenvalue weighted by atomic mass is 9.87. The summed E-state index contributed by atoms with van der Waals surface area (Å²) >= 11 is 0. The van der Waals surface area contributed by atoms with Crippen molar-refractivity contribution in [1.82, 2.24) is 0 Å². The van der Waals surface area contributed by atoms with Gasteiger partial charge in [-0.15, -0.1) is 0 Å². The molecule has 0 amide bonds. The number of rotatable bonds is 3. The molecule has 1 aliphatic rings. The zero-order chi connectivity index (χ0) is 7.61. The van der Waals surface area contributed by atoms with E-state index >= 15 is 0 Å². The van der Waals surface area contributed by atoms with E-state index in [9.17, 15) is 0 Å². The lowest BCUT2D eigenvalue weighted by molar-refractivity contribution is -0.0441. The zero-order valence-corrected chi connectivity index (χ0v) is 6.89. The molecule has 1 aliphatic heterocycles. The van der Waals surface area contributed by atoms with Crippen molar-refractivity contribution in [3.05, 3.63) is 0 Å². The first-order chi connectivity index (χ1) is 4.64. The molecule has 2 N–H and O–H groups in total. The molecule has 0 aromatic heterocycles. The van der Waals surface area contributed by atoms with Crippen LogP contribution < -0.4 is 5.73 Å². The Balaban J connectivity index is 2.21. The molecule has 2 heteroatoms. The summed E-state index contributed by atoms with van der Waals surface area (Å²) in [5, 5.41) is 0. The van der Waals surface area contributed by atoms with Gasteiger partial charge < -0.3 is 10.5 Å².